The highest BCUT2D eigenvalue weighted by molar-refractivity contribution is 5.81. The Morgan fingerprint density at radius 3 is 2.44 bits per heavy atom. The molecule has 0 saturated carbocycles. The average Bonchev–Trinajstić information content (AvgIpc) is 1.83. The maximum absolute atomic E-state index is 11.1. The molecule has 0 aliphatic rings. The Bertz CT molecular complexity index is 121. The normalized spacial score (nSPS) is 10.7. The van der Waals surface area contributed by atoms with E-state index in [1.807, 2.05) is 0 Å². The molecule has 0 bridgehead atoms. The summed E-state index contributed by atoms with van der Waals surface area (Å²) in [6.45, 7) is 0. The van der Waals surface area contributed by atoms with Crippen LogP contribution in [0.25, 0.3) is 0 Å². The lowest BCUT2D eigenvalue weighted by Crippen LogP contribution is -1.92. The summed E-state index contributed by atoms with van der Waals surface area (Å²) in [5.74, 6) is -1.43. The van der Waals surface area contributed by atoms with Gasteiger partial charge in [0.25, 0.3) is 6.43 Å². The second-order valence-electron chi connectivity index (χ2n) is 1.09. The first-order valence-electron chi connectivity index (χ1n) is 1.95. The smallest absolute Gasteiger partial charge is 0.250 e. The molecule has 0 spiro atoms. The molecule has 0 aromatic carbocycles. The SMILES string of the molecule is O=C(C=CC(F)F)OF. The Labute approximate surface area is 48.8 Å². The fraction of sp³-hybridized carbons (Fsp3) is 0.250. The van der Waals surface area contributed by atoms with Crippen molar-refractivity contribution in [2.75, 3.05) is 0 Å². The molecule has 0 aromatic heterocycles. The van der Waals surface area contributed by atoms with E-state index in [9.17, 15) is 18.1 Å². The molecule has 0 aliphatic carbocycles. The summed E-state index contributed by atoms with van der Waals surface area (Å²) in [6, 6.07) is 0. The van der Waals surface area contributed by atoms with Crippen LogP contribution in [0.5, 0.6) is 0 Å². The summed E-state index contributed by atoms with van der Waals surface area (Å²) in [4.78, 5) is 12.2. The molecule has 9 heavy (non-hydrogen) atoms. The standard InChI is InChI=1S/C4H3F3O2/c5-3(6)1-2-4(8)9-7/h1-3H. The highest BCUT2D eigenvalue weighted by Crippen LogP contribution is 1.93. The first-order chi connectivity index (χ1) is 4.16. The zero-order chi connectivity index (χ0) is 7.28. The second-order valence-corrected chi connectivity index (χ2v) is 1.09. The number of hydrogen-bond donors (Lipinski definition) is 0. The van der Waals surface area contributed by atoms with Crippen molar-refractivity contribution in [3.63, 3.8) is 0 Å². The molecule has 0 aromatic rings. The van der Waals surface area contributed by atoms with Crippen LogP contribution < -0.4 is 0 Å². The minimum absolute atomic E-state index is 0.224. The summed E-state index contributed by atoms with van der Waals surface area (Å²) in [5, 5.41) is 0. The molecular weight excluding hydrogens is 137 g/mol. The van der Waals surface area contributed by atoms with Crippen LogP contribution in [0.4, 0.5) is 13.3 Å². The predicted molar refractivity (Wildman–Crippen MR) is 22.3 cm³/mol. The first-order valence-corrected chi connectivity index (χ1v) is 1.95. The van der Waals surface area contributed by atoms with Crippen molar-refractivity contribution >= 4 is 5.97 Å². The molecule has 0 N–H and O–H groups in total. The van der Waals surface area contributed by atoms with Crippen LogP contribution in [0.1, 0.15) is 0 Å². The molecule has 0 saturated heterocycles. The van der Waals surface area contributed by atoms with Crippen molar-refractivity contribution in [3.05, 3.63) is 12.2 Å². The average molecular weight is 140 g/mol. The van der Waals surface area contributed by atoms with Crippen LogP contribution in [-0.4, -0.2) is 12.4 Å². The fourth-order valence-electron chi connectivity index (χ4n) is 0.177. The van der Waals surface area contributed by atoms with Crippen molar-refractivity contribution in [2.24, 2.45) is 0 Å². The van der Waals surface area contributed by atoms with Crippen molar-refractivity contribution in [2.45, 2.75) is 6.43 Å². The van der Waals surface area contributed by atoms with Crippen molar-refractivity contribution < 1.29 is 23.0 Å². The van der Waals surface area contributed by atoms with E-state index in [2.05, 4.69) is 4.94 Å². The Balaban J connectivity index is 3.57. The van der Waals surface area contributed by atoms with Gasteiger partial charge in [-0.3, -0.25) is 4.94 Å². The van der Waals surface area contributed by atoms with Gasteiger partial charge in [-0.2, -0.15) is 0 Å². The molecule has 0 atom stereocenters. The van der Waals surface area contributed by atoms with Gasteiger partial charge in [0, 0.05) is 10.6 Å². The molecular formula is C4H3F3O2. The number of carbonyl (C=O) groups excluding carboxylic acids is 1. The second kappa shape index (κ2) is 3.94. The van der Waals surface area contributed by atoms with Crippen LogP contribution in [0, 0.1) is 0 Å². The van der Waals surface area contributed by atoms with Crippen LogP contribution in [-0.2, 0) is 9.74 Å². The maximum atomic E-state index is 11.1. The lowest BCUT2D eigenvalue weighted by atomic mass is 10.5. The number of carbonyl (C=O) groups is 1. The van der Waals surface area contributed by atoms with Crippen LogP contribution in [0.15, 0.2) is 12.2 Å². The van der Waals surface area contributed by atoms with E-state index < -0.39 is 12.4 Å². The first kappa shape index (κ1) is 8.00. The summed E-state index contributed by atoms with van der Waals surface area (Å²) in [5.41, 5.74) is 0. The van der Waals surface area contributed by atoms with E-state index in [1.165, 1.54) is 0 Å². The van der Waals surface area contributed by atoms with Crippen LogP contribution >= 0.6 is 0 Å². The number of alkyl halides is 2. The maximum Gasteiger partial charge on any atom is 0.372 e. The third-order valence-electron chi connectivity index (χ3n) is 0.454. The number of allylic oxidation sites excluding steroid dienone is 1. The third kappa shape index (κ3) is 4.86. The minimum atomic E-state index is -2.76. The Hall–Kier alpha value is -1.00. The third-order valence-corrected chi connectivity index (χ3v) is 0.454. The zero-order valence-corrected chi connectivity index (χ0v) is 4.18. The quantitative estimate of drug-likeness (QED) is 0.539. The number of rotatable bonds is 2. The minimum Gasteiger partial charge on any atom is -0.250 e. The molecule has 0 heterocycles. The molecule has 0 fully saturated rings. The molecule has 0 unspecified atom stereocenters. The van der Waals surface area contributed by atoms with Crippen molar-refractivity contribution in [1.29, 1.82) is 0 Å². The molecule has 0 radical (unpaired) electrons. The fourth-order valence-corrected chi connectivity index (χ4v) is 0.177. The lowest BCUT2D eigenvalue weighted by molar-refractivity contribution is -0.176. The van der Waals surface area contributed by atoms with Gasteiger partial charge in [-0.15, -0.1) is 0 Å². The number of hydrogen-bond acceptors (Lipinski definition) is 2. The van der Waals surface area contributed by atoms with Gasteiger partial charge in [0.1, 0.15) is 0 Å². The Kier molecular flexibility index (Phi) is 3.50. The molecule has 2 nitrogen and oxygen atoms in total. The summed E-state index contributed by atoms with van der Waals surface area (Å²) in [6.07, 6.45) is -2.23. The molecule has 5 heteroatoms. The topological polar surface area (TPSA) is 26.3 Å². The number of halogens is 3. The van der Waals surface area contributed by atoms with Gasteiger partial charge >= 0.3 is 5.97 Å². The molecule has 0 rings (SSSR count). The lowest BCUT2D eigenvalue weighted by Gasteiger charge is -1.83. The predicted octanol–water partition coefficient (Wildman–Crippen LogP) is 1.24. The van der Waals surface area contributed by atoms with Gasteiger partial charge in [-0.1, -0.05) is 0 Å². The summed E-state index contributed by atoms with van der Waals surface area (Å²) in [7, 11) is 0. The molecule has 0 amide bonds. The summed E-state index contributed by atoms with van der Waals surface area (Å²) >= 11 is 0. The van der Waals surface area contributed by atoms with Gasteiger partial charge in [-0.05, 0) is 6.08 Å². The van der Waals surface area contributed by atoms with Gasteiger partial charge in [0.2, 0.25) is 0 Å². The van der Waals surface area contributed by atoms with E-state index in [0.717, 1.165) is 0 Å². The molecule has 0 aliphatic heterocycles. The van der Waals surface area contributed by atoms with Gasteiger partial charge in [-0.25, -0.2) is 13.6 Å². The van der Waals surface area contributed by atoms with Crippen molar-refractivity contribution in [1.82, 2.24) is 0 Å². The van der Waals surface area contributed by atoms with E-state index in [4.69, 9.17) is 0 Å². The van der Waals surface area contributed by atoms with E-state index in [1.54, 1.807) is 0 Å². The monoisotopic (exact) mass is 140 g/mol. The largest absolute Gasteiger partial charge is 0.372 e. The van der Waals surface area contributed by atoms with Crippen LogP contribution in [0.3, 0.4) is 0 Å². The highest BCUT2D eigenvalue weighted by Gasteiger charge is 1.98. The Morgan fingerprint density at radius 1 is 1.56 bits per heavy atom. The van der Waals surface area contributed by atoms with E-state index >= 15 is 0 Å². The Morgan fingerprint density at radius 2 is 2.11 bits per heavy atom. The zero-order valence-electron chi connectivity index (χ0n) is 4.18. The van der Waals surface area contributed by atoms with E-state index in [-0.39, 0.29) is 6.08 Å². The van der Waals surface area contributed by atoms with Crippen LogP contribution in [0.2, 0.25) is 0 Å². The van der Waals surface area contributed by atoms with Crippen molar-refractivity contribution in [3.8, 4) is 0 Å². The molecule has 52 valence electrons. The van der Waals surface area contributed by atoms with Gasteiger partial charge in [0.15, 0.2) is 0 Å². The summed E-state index contributed by atoms with van der Waals surface area (Å²) < 4.78 is 32.9. The van der Waals surface area contributed by atoms with Gasteiger partial charge < -0.3 is 0 Å². The van der Waals surface area contributed by atoms with E-state index in [0.29, 0.717) is 6.08 Å². The highest BCUT2D eigenvalue weighted by atomic mass is 19.3. The van der Waals surface area contributed by atoms with Gasteiger partial charge in [0.05, 0.1) is 0 Å².